The van der Waals surface area contributed by atoms with Gasteiger partial charge in [-0.25, -0.2) is 0 Å². The molecule has 16 heavy (non-hydrogen) atoms. The van der Waals surface area contributed by atoms with Crippen molar-refractivity contribution in [1.82, 2.24) is 0 Å². The molecule has 0 aromatic heterocycles. The molecule has 0 saturated carbocycles. The number of rotatable bonds is 5. The summed E-state index contributed by atoms with van der Waals surface area (Å²) in [7, 11) is 0. The van der Waals surface area contributed by atoms with Crippen LogP contribution in [0, 0.1) is 5.92 Å². The van der Waals surface area contributed by atoms with Gasteiger partial charge in [0.1, 0.15) is 0 Å². The number of halogens is 2. The van der Waals surface area contributed by atoms with Crippen molar-refractivity contribution in [2.45, 2.75) is 25.9 Å². The van der Waals surface area contributed by atoms with E-state index in [1.165, 1.54) is 0 Å². The molecule has 4 heteroatoms. The Bertz CT molecular complexity index is 346. The zero-order valence-electron chi connectivity index (χ0n) is 9.29. The molecule has 0 amide bonds. The van der Waals surface area contributed by atoms with Gasteiger partial charge >= 0.3 is 0 Å². The summed E-state index contributed by atoms with van der Waals surface area (Å²) in [6.07, 6.45) is 1.32. The SMILES string of the molecule is CCCC(CN)C(O)c1cccc(Br)c1Cl. The molecule has 2 nitrogen and oxygen atoms in total. The van der Waals surface area contributed by atoms with Gasteiger partial charge in [0.15, 0.2) is 0 Å². The van der Waals surface area contributed by atoms with E-state index in [0.717, 1.165) is 22.9 Å². The van der Waals surface area contributed by atoms with Crippen molar-refractivity contribution in [3.05, 3.63) is 33.3 Å². The quantitative estimate of drug-likeness (QED) is 0.874. The highest BCUT2D eigenvalue weighted by Gasteiger charge is 2.21. The Morgan fingerprint density at radius 2 is 2.19 bits per heavy atom. The summed E-state index contributed by atoms with van der Waals surface area (Å²) in [4.78, 5) is 0. The van der Waals surface area contributed by atoms with Crippen molar-refractivity contribution in [3.8, 4) is 0 Å². The maximum Gasteiger partial charge on any atom is 0.0845 e. The molecule has 3 N–H and O–H groups in total. The van der Waals surface area contributed by atoms with E-state index in [0.29, 0.717) is 11.6 Å². The first kappa shape index (κ1) is 14.0. The van der Waals surface area contributed by atoms with Crippen molar-refractivity contribution >= 4 is 27.5 Å². The molecule has 0 aliphatic carbocycles. The van der Waals surface area contributed by atoms with Gasteiger partial charge in [-0.15, -0.1) is 0 Å². The molecule has 1 rings (SSSR count). The Balaban J connectivity index is 2.94. The average molecular weight is 307 g/mol. The summed E-state index contributed by atoms with van der Waals surface area (Å²) in [6.45, 7) is 2.55. The highest BCUT2D eigenvalue weighted by atomic mass is 79.9. The van der Waals surface area contributed by atoms with Crippen LogP contribution in [0.15, 0.2) is 22.7 Å². The van der Waals surface area contributed by atoms with Crippen LogP contribution in [0.5, 0.6) is 0 Å². The minimum Gasteiger partial charge on any atom is -0.388 e. The van der Waals surface area contributed by atoms with Crippen LogP contribution in [-0.4, -0.2) is 11.7 Å². The van der Waals surface area contributed by atoms with Crippen molar-refractivity contribution in [1.29, 1.82) is 0 Å². The number of aliphatic hydroxyl groups is 1. The van der Waals surface area contributed by atoms with Crippen LogP contribution in [0.2, 0.25) is 5.02 Å². The zero-order chi connectivity index (χ0) is 12.1. The Morgan fingerprint density at radius 1 is 1.50 bits per heavy atom. The first-order chi connectivity index (χ1) is 7.61. The average Bonchev–Trinajstić information content (AvgIpc) is 2.29. The third-order valence-corrected chi connectivity index (χ3v) is 4.02. The second-order valence-electron chi connectivity index (χ2n) is 3.87. The van der Waals surface area contributed by atoms with E-state index in [1.54, 1.807) is 0 Å². The van der Waals surface area contributed by atoms with E-state index in [2.05, 4.69) is 22.9 Å². The molecule has 1 aromatic rings. The van der Waals surface area contributed by atoms with Crippen LogP contribution >= 0.6 is 27.5 Å². The fraction of sp³-hybridized carbons (Fsp3) is 0.500. The molecule has 0 fully saturated rings. The lowest BCUT2D eigenvalue weighted by Gasteiger charge is -2.22. The molecule has 90 valence electrons. The lowest BCUT2D eigenvalue weighted by molar-refractivity contribution is 0.107. The summed E-state index contributed by atoms with van der Waals surface area (Å²) >= 11 is 9.49. The van der Waals surface area contributed by atoms with Gasteiger partial charge in [-0.1, -0.05) is 37.1 Å². The van der Waals surface area contributed by atoms with Crippen LogP contribution in [0.3, 0.4) is 0 Å². The minimum absolute atomic E-state index is 0.0665. The Labute approximate surface area is 110 Å². The monoisotopic (exact) mass is 305 g/mol. The molecule has 2 unspecified atom stereocenters. The number of nitrogens with two attached hydrogens (primary N) is 1. The van der Waals surface area contributed by atoms with Gasteiger partial charge < -0.3 is 10.8 Å². The van der Waals surface area contributed by atoms with Gasteiger partial charge in [0.05, 0.1) is 11.1 Å². The smallest absolute Gasteiger partial charge is 0.0845 e. The topological polar surface area (TPSA) is 46.2 Å². The van der Waals surface area contributed by atoms with E-state index in [-0.39, 0.29) is 5.92 Å². The fourth-order valence-corrected chi connectivity index (χ4v) is 2.40. The van der Waals surface area contributed by atoms with Crippen molar-refractivity contribution in [2.24, 2.45) is 11.7 Å². The molecular formula is C12H17BrClNO. The summed E-state index contributed by atoms with van der Waals surface area (Å²) in [5, 5.41) is 10.8. The van der Waals surface area contributed by atoms with Gasteiger partial charge in [-0.3, -0.25) is 0 Å². The molecular weight excluding hydrogens is 289 g/mol. The van der Waals surface area contributed by atoms with Crippen LogP contribution < -0.4 is 5.73 Å². The standard InChI is InChI=1S/C12H17BrClNO/c1-2-4-8(7-15)12(16)9-5-3-6-10(13)11(9)14/h3,5-6,8,12,16H,2,4,7,15H2,1H3. The molecule has 0 radical (unpaired) electrons. The largest absolute Gasteiger partial charge is 0.388 e. The second-order valence-corrected chi connectivity index (χ2v) is 5.10. The molecule has 1 aromatic carbocycles. The van der Waals surface area contributed by atoms with E-state index in [9.17, 15) is 5.11 Å². The zero-order valence-corrected chi connectivity index (χ0v) is 11.6. The minimum atomic E-state index is -0.588. The highest BCUT2D eigenvalue weighted by Crippen LogP contribution is 2.34. The van der Waals surface area contributed by atoms with Gasteiger partial charge in [0, 0.05) is 16.0 Å². The van der Waals surface area contributed by atoms with E-state index < -0.39 is 6.10 Å². The van der Waals surface area contributed by atoms with E-state index in [1.807, 2.05) is 18.2 Å². The maximum absolute atomic E-state index is 10.2. The van der Waals surface area contributed by atoms with Gasteiger partial charge in [0.25, 0.3) is 0 Å². The van der Waals surface area contributed by atoms with Crippen molar-refractivity contribution < 1.29 is 5.11 Å². The molecule has 0 heterocycles. The van der Waals surface area contributed by atoms with Crippen LogP contribution in [0.1, 0.15) is 31.4 Å². The lowest BCUT2D eigenvalue weighted by atomic mass is 9.92. The third kappa shape index (κ3) is 3.20. The van der Waals surface area contributed by atoms with Crippen LogP contribution in [0.25, 0.3) is 0 Å². The molecule has 2 atom stereocenters. The third-order valence-electron chi connectivity index (χ3n) is 2.71. The Kier molecular flexibility index (Phi) is 5.76. The van der Waals surface area contributed by atoms with E-state index in [4.69, 9.17) is 17.3 Å². The number of hydrogen-bond donors (Lipinski definition) is 2. The first-order valence-electron chi connectivity index (χ1n) is 5.43. The molecule has 0 saturated heterocycles. The normalized spacial score (nSPS) is 14.8. The maximum atomic E-state index is 10.2. The van der Waals surface area contributed by atoms with Crippen molar-refractivity contribution in [2.75, 3.05) is 6.54 Å². The van der Waals surface area contributed by atoms with Crippen LogP contribution in [0.4, 0.5) is 0 Å². The van der Waals surface area contributed by atoms with Crippen molar-refractivity contribution in [3.63, 3.8) is 0 Å². The molecule has 0 spiro atoms. The summed E-state index contributed by atoms with van der Waals surface area (Å²) in [6, 6.07) is 5.57. The fourth-order valence-electron chi connectivity index (χ4n) is 1.78. The molecule has 0 bridgehead atoms. The Morgan fingerprint density at radius 3 is 2.75 bits per heavy atom. The lowest BCUT2D eigenvalue weighted by Crippen LogP contribution is -2.22. The predicted octanol–water partition coefficient (Wildman–Crippen LogP) is 3.51. The first-order valence-corrected chi connectivity index (χ1v) is 6.61. The number of aliphatic hydroxyl groups excluding tert-OH is 1. The number of hydrogen-bond acceptors (Lipinski definition) is 2. The molecule has 0 aliphatic rings. The summed E-state index contributed by atoms with van der Waals surface area (Å²) < 4.78 is 0.804. The highest BCUT2D eigenvalue weighted by molar-refractivity contribution is 9.10. The van der Waals surface area contributed by atoms with Gasteiger partial charge in [0.2, 0.25) is 0 Å². The van der Waals surface area contributed by atoms with Gasteiger partial charge in [-0.05, 0) is 35.0 Å². The van der Waals surface area contributed by atoms with Crippen LogP contribution in [-0.2, 0) is 0 Å². The molecule has 0 aliphatic heterocycles. The summed E-state index contributed by atoms with van der Waals surface area (Å²) in [5.41, 5.74) is 6.42. The van der Waals surface area contributed by atoms with E-state index >= 15 is 0 Å². The summed E-state index contributed by atoms with van der Waals surface area (Å²) in [5.74, 6) is 0.0665. The second kappa shape index (κ2) is 6.60. The number of benzene rings is 1. The van der Waals surface area contributed by atoms with Gasteiger partial charge in [-0.2, -0.15) is 0 Å². The Hall–Kier alpha value is -0.0900. The predicted molar refractivity (Wildman–Crippen MR) is 71.6 cm³/mol.